The van der Waals surface area contributed by atoms with Gasteiger partial charge in [0.05, 0.1) is 25.2 Å². The van der Waals surface area contributed by atoms with E-state index in [-0.39, 0.29) is 11.3 Å². The summed E-state index contributed by atoms with van der Waals surface area (Å²) in [6, 6.07) is 10.1. The minimum atomic E-state index is -0.381. The van der Waals surface area contributed by atoms with Crippen molar-refractivity contribution in [2.75, 3.05) is 47.0 Å². The lowest BCUT2D eigenvalue weighted by Gasteiger charge is -2.38. The van der Waals surface area contributed by atoms with Crippen molar-refractivity contribution in [3.8, 4) is 0 Å². The summed E-state index contributed by atoms with van der Waals surface area (Å²) < 4.78 is 11.0. The van der Waals surface area contributed by atoms with Crippen LogP contribution in [0.5, 0.6) is 0 Å². The number of carbonyl (C=O) groups is 1. The van der Waals surface area contributed by atoms with Crippen LogP contribution in [0.2, 0.25) is 0 Å². The van der Waals surface area contributed by atoms with E-state index in [2.05, 4.69) is 5.32 Å². The fourth-order valence-corrected chi connectivity index (χ4v) is 3.07. The van der Waals surface area contributed by atoms with Gasteiger partial charge in [-0.2, -0.15) is 0 Å². The average molecular weight is 320 g/mol. The van der Waals surface area contributed by atoms with Gasteiger partial charge in [0.1, 0.15) is 0 Å². The summed E-state index contributed by atoms with van der Waals surface area (Å²) in [5.41, 5.74) is 0.768. The topological polar surface area (TPSA) is 50.8 Å². The third-order valence-electron chi connectivity index (χ3n) is 4.46. The van der Waals surface area contributed by atoms with Crippen LogP contribution in [0.3, 0.4) is 0 Å². The van der Waals surface area contributed by atoms with E-state index < -0.39 is 0 Å². The van der Waals surface area contributed by atoms with Crippen LogP contribution in [0.1, 0.15) is 18.4 Å². The lowest BCUT2D eigenvalue weighted by molar-refractivity contribution is -0.146. The molecule has 0 bridgehead atoms. The van der Waals surface area contributed by atoms with E-state index in [0.717, 1.165) is 31.5 Å². The fraction of sp³-hybridized carbons (Fsp3) is 0.611. The Morgan fingerprint density at radius 1 is 1.26 bits per heavy atom. The van der Waals surface area contributed by atoms with Gasteiger partial charge in [-0.05, 0) is 31.5 Å². The summed E-state index contributed by atoms with van der Waals surface area (Å²) in [6.45, 7) is 3.95. The first-order valence-corrected chi connectivity index (χ1v) is 8.25. The number of ether oxygens (including phenoxy) is 2. The van der Waals surface area contributed by atoms with Gasteiger partial charge in [-0.3, -0.25) is 4.79 Å². The molecule has 0 atom stereocenters. The predicted octanol–water partition coefficient (Wildman–Crippen LogP) is 1.68. The molecule has 0 aliphatic carbocycles. The number of hydrogen-bond donors (Lipinski definition) is 1. The highest BCUT2D eigenvalue weighted by Crippen LogP contribution is 2.31. The van der Waals surface area contributed by atoms with Crippen LogP contribution in [0.25, 0.3) is 0 Å². The van der Waals surface area contributed by atoms with Crippen LogP contribution in [0.15, 0.2) is 30.3 Å². The zero-order chi connectivity index (χ0) is 16.5. The highest BCUT2D eigenvalue weighted by atomic mass is 16.5. The van der Waals surface area contributed by atoms with E-state index in [9.17, 15) is 4.79 Å². The number of methoxy groups -OCH3 is 1. The Balaban J connectivity index is 1.79. The fourth-order valence-electron chi connectivity index (χ4n) is 3.07. The number of likely N-dealkylation sites (N-methyl/N-ethyl adjacent to an activating group) is 1. The predicted molar refractivity (Wildman–Crippen MR) is 90.1 cm³/mol. The minimum absolute atomic E-state index is 0.171. The molecule has 1 aromatic rings. The van der Waals surface area contributed by atoms with E-state index in [4.69, 9.17) is 9.47 Å². The maximum Gasteiger partial charge on any atom is 0.231 e. The van der Waals surface area contributed by atoms with Crippen LogP contribution < -0.4 is 5.32 Å². The van der Waals surface area contributed by atoms with Crippen LogP contribution in [0.4, 0.5) is 0 Å². The molecule has 0 unspecified atom stereocenters. The molecule has 1 amide bonds. The Morgan fingerprint density at radius 2 is 1.96 bits per heavy atom. The molecule has 128 valence electrons. The molecule has 2 rings (SSSR count). The van der Waals surface area contributed by atoms with Crippen molar-refractivity contribution in [3.05, 3.63) is 35.9 Å². The van der Waals surface area contributed by atoms with Gasteiger partial charge in [-0.15, -0.1) is 0 Å². The molecule has 1 N–H and O–H groups in total. The first kappa shape index (κ1) is 17.9. The number of nitrogens with zero attached hydrogens (tertiary/aromatic N) is 1. The number of nitrogens with one attached hydrogen (secondary N) is 1. The summed E-state index contributed by atoms with van der Waals surface area (Å²) in [7, 11) is 3.52. The first-order chi connectivity index (χ1) is 11.2. The van der Waals surface area contributed by atoms with Crippen molar-refractivity contribution in [3.63, 3.8) is 0 Å². The summed E-state index contributed by atoms with van der Waals surface area (Å²) >= 11 is 0. The molecule has 1 aliphatic heterocycles. The number of amides is 1. The lowest BCUT2D eigenvalue weighted by Crippen LogP contribution is -2.51. The standard InChI is InChI=1S/C18H28N2O3/c1-20(12-13-23-14-16-6-4-3-5-7-16)17(21)18(15-22-2)8-10-19-11-9-18/h3-7,19H,8-15H2,1-2H3. The molecule has 0 saturated carbocycles. The Bertz CT molecular complexity index is 467. The Morgan fingerprint density at radius 3 is 2.61 bits per heavy atom. The maximum atomic E-state index is 12.8. The summed E-state index contributed by atoms with van der Waals surface area (Å²) in [4.78, 5) is 14.6. The zero-order valence-corrected chi connectivity index (χ0v) is 14.2. The lowest BCUT2D eigenvalue weighted by atomic mass is 9.78. The Hall–Kier alpha value is -1.43. The van der Waals surface area contributed by atoms with Gasteiger partial charge in [-0.1, -0.05) is 30.3 Å². The van der Waals surface area contributed by atoms with Gasteiger partial charge in [0.15, 0.2) is 0 Å². The molecule has 5 nitrogen and oxygen atoms in total. The van der Waals surface area contributed by atoms with Crippen LogP contribution >= 0.6 is 0 Å². The quantitative estimate of drug-likeness (QED) is 0.741. The third-order valence-corrected chi connectivity index (χ3v) is 4.46. The molecule has 0 aromatic heterocycles. The monoisotopic (exact) mass is 320 g/mol. The highest BCUT2D eigenvalue weighted by molar-refractivity contribution is 5.82. The normalized spacial score (nSPS) is 17.0. The summed E-state index contributed by atoms with van der Waals surface area (Å²) in [6.07, 6.45) is 1.66. The van der Waals surface area contributed by atoms with Crippen LogP contribution in [-0.4, -0.2) is 57.8 Å². The van der Waals surface area contributed by atoms with E-state index in [1.54, 1.807) is 12.0 Å². The number of carbonyl (C=O) groups excluding carboxylic acids is 1. The van der Waals surface area contributed by atoms with Crippen molar-refractivity contribution in [2.24, 2.45) is 5.41 Å². The second-order valence-electron chi connectivity index (χ2n) is 6.23. The van der Waals surface area contributed by atoms with Gasteiger partial charge in [0.25, 0.3) is 0 Å². The molecule has 0 spiro atoms. The van der Waals surface area contributed by atoms with E-state index in [1.165, 1.54) is 0 Å². The SMILES string of the molecule is COCC1(C(=O)N(C)CCOCc2ccccc2)CCNCC1. The molecule has 1 aromatic carbocycles. The molecule has 1 saturated heterocycles. The molecule has 0 radical (unpaired) electrons. The molecule has 1 fully saturated rings. The Kier molecular flexibility index (Phi) is 7.02. The molecular formula is C18H28N2O3. The van der Waals surface area contributed by atoms with Gasteiger partial charge >= 0.3 is 0 Å². The second-order valence-corrected chi connectivity index (χ2v) is 6.23. The highest BCUT2D eigenvalue weighted by Gasteiger charge is 2.41. The summed E-state index contributed by atoms with van der Waals surface area (Å²) in [5.74, 6) is 0.171. The number of benzene rings is 1. The second kappa shape index (κ2) is 9.01. The van der Waals surface area contributed by atoms with Crippen molar-refractivity contribution in [2.45, 2.75) is 19.4 Å². The largest absolute Gasteiger partial charge is 0.384 e. The molecule has 1 heterocycles. The van der Waals surface area contributed by atoms with Crippen LogP contribution in [0, 0.1) is 5.41 Å². The van der Waals surface area contributed by atoms with Crippen molar-refractivity contribution >= 4 is 5.91 Å². The minimum Gasteiger partial charge on any atom is -0.384 e. The molecule has 5 heteroatoms. The molecular weight excluding hydrogens is 292 g/mol. The summed E-state index contributed by atoms with van der Waals surface area (Å²) in [5, 5.41) is 3.31. The van der Waals surface area contributed by atoms with Gasteiger partial charge < -0.3 is 19.7 Å². The van der Waals surface area contributed by atoms with Gasteiger partial charge in [0, 0.05) is 20.7 Å². The first-order valence-electron chi connectivity index (χ1n) is 8.25. The molecule has 23 heavy (non-hydrogen) atoms. The number of piperidine rings is 1. The third kappa shape index (κ3) is 5.03. The zero-order valence-electron chi connectivity index (χ0n) is 14.2. The van der Waals surface area contributed by atoms with E-state index >= 15 is 0 Å². The van der Waals surface area contributed by atoms with E-state index in [1.807, 2.05) is 37.4 Å². The number of rotatable bonds is 8. The van der Waals surface area contributed by atoms with Gasteiger partial charge in [-0.25, -0.2) is 0 Å². The van der Waals surface area contributed by atoms with E-state index in [0.29, 0.717) is 26.4 Å². The van der Waals surface area contributed by atoms with Crippen molar-refractivity contribution in [1.29, 1.82) is 0 Å². The molecule has 1 aliphatic rings. The van der Waals surface area contributed by atoms with Crippen molar-refractivity contribution < 1.29 is 14.3 Å². The van der Waals surface area contributed by atoms with Crippen LogP contribution in [-0.2, 0) is 20.9 Å². The average Bonchev–Trinajstić information content (AvgIpc) is 2.60. The smallest absolute Gasteiger partial charge is 0.231 e. The maximum absolute atomic E-state index is 12.8. The van der Waals surface area contributed by atoms with Crippen molar-refractivity contribution in [1.82, 2.24) is 10.2 Å². The van der Waals surface area contributed by atoms with Gasteiger partial charge in [0.2, 0.25) is 5.91 Å². The number of hydrogen-bond acceptors (Lipinski definition) is 4. The Labute approximate surface area is 139 Å².